The first-order valence-electron chi connectivity index (χ1n) is 6.59. The van der Waals surface area contributed by atoms with Gasteiger partial charge in [-0.2, -0.15) is 0 Å². The van der Waals surface area contributed by atoms with Crippen LogP contribution in [0.4, 0.5) is 0 Å². The Morgan fingerprint density at radius 2 is 2.26 bits per heavy atom. The first-order valence-corrected chi connectivity index (χ1v) is 6.59. The van der Waals surface area contributed by atoms with Gasteiger partial charge in [0.1, 0.15) is 0 Å². The van der Waals surface area contributed by atoms with Gasteiger partial charge in [0.2, 0.25) is 0 Å². The number of imidazole rings is 1. The molecule has 2 aromatic rings. The number of hydrogen-bond acceptors (Lipinski definition) is 4. The van der Waals surface area contributed by atoms with Crippen molar-refractivity contribution < 1.29 is 5.11 Å². The van der Waals surface area contributed by atoms with Gasteiger partial charge in [0.25, 0.3) is 0 Å². The SMILES string of the molecule is OCC1CCn2cncc2CN1Cc1cccnc1. The maximum atomic E-state index is 9.60. The third-order valence-corrected chi connectivity index (χ3v) is 3.70. The van der Waals surface area contributed by atoms with Gasteiger partial charge in [-0.15, -0.1) is 0 Å². The van der Waals surface area contributed by atoms with Gasteiger partial charge in [-0.25, -0.2) is 4.98 Å². The van der Waals surface area contributed by atoms with Gasteiger partial charge >= 0.3 is 0 Å². The fourth-order valence-electron chi connectivity index (χ4n) is 2.61. The van der Waals surface area contributed by atoms with E-state index in [4.69, 9.17) is 0 Å². The topological polar surface area (TPSA) is 54.2 Å². The summed E-state index contributed by atoms with van der Waals surface area (Å²) in [7, 11) is 0. The average Bonchev–Trinajstić information content (AvgIpc) is 2.81. The molecule has 0 aliphatic carbocycles. The van der Waals surface area contributed by atoms with Crippen LogP contribution in [0.15, 0.2) is 37.1 Å². The molecule has 3 rings (SSSR count). The minimum absolute atomic E-state index is 0.193. The molecule has 0 spiro atoms. The van der Waals surface area contributed by atoms with Crippen LogP contribution in [0.3, 0.4) is 0 Å². The monoisotopic (exact) mass is 258 g/mol. The van der Waals surface area contributed by atoms with Gasteiger partial charge < -0.3 is 9.67 Å². The second-order valence-electron chi connectivity index (χ2n) is 4.97. The Morgan fingerprint density at radius 1 is 1.32 bits per heavy atom. The van der Waals surface area contributed by atoms with Crippen molar-refractivity contribution in [3.63, 3.8) is 0 Å². The van der Waals surface area contributed by atoms with Crippen molar-refractivity contribution in [3.05, 3.63) is 48.3 Å². The molecule has 19 heavy (non-hydrogen) atoms. The number of aromatic nitrogens is 3. The van der Waals surface area contributed by atoms with Crippen LogP contribution < -0.4 is 0 Å². The second kappa shape index (κ2) is 5.50. The predicted octanol–water partition coefficient (Wildman–Crippen LogP) is 1.04. The minimum atomic E-state index is 0.193. The van der Waals surface area contributed by atoms with Crippen molar-refractivity contribution in [2.75, 3.05) is 6.61 Å². The molecule has 1 aliphatic rings. The van der Waals surface area contributed by atoms with Crippen LogP contribution in [-0.2, 0) is 19.6 Å². The zero-order valence-electron chi connectivity index (χ0n) is 10.8. The van der Waals surface area contributed by atoms with Crippen molar-refractivity contribution >= 4 is 0 Å². The third kappa shape index (κ3) is 2.67. The number of nitrogens with zero attached hydrogens (tertiary/aromatic N) is 4. The van der Waals surface area contributed by atoms with E-state index in [2.05, 4.69) is 25.5 Å². The molecular weight excluding hydrogens is 240 g/mol. The van der Waals surface area contributed by atoms with Crippen LogP contribution in [0.25, 0.3) is 0 Å². The molecule has 0 radical (unpaired) electrons. The van der Waals surface area contributed by atoms with E-state index >= 15 is 0 Å². The summed E-state index contributed by atoms with van der Waals surface area (Å²) >= 11 is 0. The quantitative estimate of drug-likeness (QED) is 0.894. The molecule has 1 N–H and O–H groups in total. The van der Waals surface area contributed by atoms with E-state index in [1.165, 1.54) is 11.3 Å². The standard InChI is InChI=1S/C14H18N4O/c19-10-13-3-5-17-11-16-7-14(17)9-18(13)8-12-2-1-4-15-6-12/h1-2,4,6-7,11,13,19H,3,5,8-10H2. The Labute approximate surface area is 112 Å². The number of aliphatic hydroxyl groups is 1. The molecule has 1 unspecified atom stereocenters. The highest BCUT2D eigenvalue weighted by Gasteiger charge is 2.23. The van der Waals surface area contributed by atoms with Gasteiger partial charge in [0.15, 0.2) is 0 Å². The lowest BCUT2D eigenvalue weighted by Gasteiger charge is -2.27. The second-order valence-corrected chi connectivity index (χ2v) is 4.97. The average molecular weight is 258 g/mol. The summed E-state index contributed by atoms with van der Waals surface area (Å²) in [5.74, 6) is 0. The van der Waals surface area contributed by atoms with Gasteiger partial charge in [-0.1, -0.05) is 6.07 Å². The van der Waals surface area contributed by atoms with Crippen molar-refractivity contribution in [1.82, 2.24) is 19.4 Å². The van der Waals surface area contributed by atoms with E-state index in [-0.39, 0.29) is 12.6 Å². The molecule has 0 saturated carbocycles. The first-order chi connectivity index (χ1) is 9.36. The lowest BCUT2D eigenvalue weighted by Crippen LogP contribution is -2.36. The zero-order chi connectivity index (χ0) is 13.1. The van der Waals surface area contributed by atoms with Crippen LogP contribution in [-0.4, -0.2) is 37.2 Å². The highest BCUT2D eigenvalue weighted by atomic mass is 16.3. The number of rotatable bonds is 3. The van der Waals surface area contributed by atoms with Gasteiger partial charge in [0.05, 0.1) is 18.6 Å². The summed E-state index contributed by atoms with van der Waals surface area (Å²) in [6, 6.07) is 4.22. The van der Waals surface area contributed by atoms with E-state index in [9.17, 15) is 5.11 Å². The third-order valence-electron chi connectivity index (χ3n) is 3.70. The molecule has 1 aliphatic heterocycles. The molecule has 1 atom stereocenters. The highest BCUT2D eigenvalue weighted by Crippen LogP contribution is 2.19. The molecule has 2 aromatic heterocycles. The number of pyridine rings is 1. The summed E-state index contributed by atoms with van der Waals surface area (Å²) < 4.78 is 2.17. The van der Waals surface area contributed by atoms with E-state index in [0.29, 0.717) is 0 Å². The Kier molecular flexibility index (Phi) is 3.57. The van der Waals surface area contributed by atoms with E-state index in [1.54, 1.807) is 6.20 Å². The lowest BCUT2D eigenvalue weighted by molar-refractivity contribution is 0.107. The Morgan fingerprint density at radius 3 is 3.05 bits per heavy atom. The summed E-state index contributed by atoms with van der Waals surface area (Å²) in [5.41, 5.74) is 2.38. The maximum Gasteiger partial charge on any atom is 0.0948 e. The number of hydrogen-bond donors (Lipinski definition) is 1. The predicted molar refractivity (Wildman–Crippen MR) is 71.2 cm³/mol. The number of fused-ring (bicyclic) bond motifs is 1. The van der Waals surface area contributed by atoms with E-state index in [0.717, 1.165) is 26.1 Å². The van der Waals surface area contributed by atoms with E-state index < -0.39 is 0 Å². The smallest absolute Gasteiger partial charge is 0.0948 e. The molecule has 0 bridgehead atoms. The minimum Gasteiger partial charge on any atom is -0.395 e. The molecule has 3 heterocycles. The highest BCUT2D eigenvalue weighted by molar-refractivity contribution is 5.10. The molecule has 5 heteroatoms. The van der Waals surface area contributed by atoms with Crippen LogP contribution in [0.1, 0.15) is 17.7 Å². The molecule has 0 saturated heterocycles. The van der Waals surface area contributed by atoms with Gasteiger partial charge in [-0.3, -0.25) is 9.88 Å². The Hall–Kier alpha value is -1.72. The fourth-order valence-corrected chi connectivity index (χ4v) is 2.61. The van der Waals surface area contributed by atoms with Crippen molar-refractivity contribution in [3.8, 4) is 0 Å². The van der Waals surface area contributed by atoms with Crippen LogP contribution in [0.2, 0.25) is 0 Å². The summed E-state index contributed by atoms with van der Waals surface area (Å²) in [5, 5.41) is 9.60. The first kappa shape index (κ1) is 12.3. The number of aliphatic hydroxyl groups excluding tert-OH is 1. The van der Waals surface area contributed by atoms with Crippen molar-refractivity contribution in [2.24, 2.45) is 0 Å². The summed E-state index contributed by atoms with van der Waals surface area (Å²) in [6.07, 6.45) is 8.40. The molecular formula is C14H18N4O. The number of aryl methyl sites for hydroxylation is 1. The van der Waals surface area contributed by atoms with Crippen molar-refractivity contribution in [2.45, 2.75) is 32.1 Å². The molecule has 0 amide bonds. The van der Waals surface area contributed by atoms with Crippen LogP contribution in [0.5, 0.6) is 0 Å². The maximum absolute atomic E-state index is 9.60. The normalized spacial score (nSPS) is 19.9. The van der Waals surface area contributed by atoms with Gasteiger partial charge in [0, 0.05) is 44.3 Å². The molecule has 5 nitrogen and oxygen atoms in total. The van der Waals surface area contributed by atoms with Crippen molar-refractivity contribution in [1.29, 1.82) is 0 Å². The lowest BCUT2D eigenvalue weighted by atomic mass is 10.1. The largest absolute Gasteiger partial charge is 0.395 e. The van der Waals surface area contributed by atoms with Gasteiger partial charge in [-0.05, 0) is 18.1 Å². The Balaban J connectivity index is 1.81. The summed E-state index contributed by atoms with van der Waals surface area (Å²) in [4.78, 5) is 10.7. The molecule has 100 valence electrons. The van der Waals surface area contributed by atoms with Crippen LogP contribution in [0, 0.1) is 0 Å². The summed E-state index contributed by atoms with van der Waals surface area (Å²) in [6.45, 7) is 2.74. The fraction of sp³-hybridized carbons (Fsp3) is 0.429. The molecule has 0 fully saturated rings. The Bertz CT molecular complexity index is 525. The van der Waals surface area contributed by atoms with E-state index in [1.807, 2.05) is 24.8 Å². The molecule has 0 aromatic carbocycles. The van der Waals surface area contributed by atoms with Crippen LogP contribution >= 0.6 is 0 Å². The zero-order valence-corrected chi connectivity index (χ0v) is 10.8.